The molecule has 1 aromatic carbocycles. The lowest BCUT2D eigenvalue weighted by molar-refractivity contribution is -0.113. The quantitative estimate of drug-likeness (QED) is 0.852. The van der Waals surface area contributed by atoms with Gasteiger partial charge in [0.2, 0.25) is 11.1 Å². The Bertz CT molecular complexity index is 618. The van der Waals surface area contributed by atoms with E-state index >= 15 is 0 Å². The molecule has 106 valence electrons. The number of aromatic nitrogens is 2. The number of hydrogen-bond donors (Lipinski definition) is 1. The molecule has 0 spiro atoms. The van der Waals surface area contributed by atoms with E-state index in [0.29, 0.717) is 16.4 Å². The van der Waals surface area contributed by atoms with Crippen LogP contribution in [-0.2, 0) is 4.79 Å². The molecule has 0 saturated carbocycles. The average molecular weight is 329 g/mol. The first-order valence-corrected chi connectivity index (χ1v) is 8.63. The van der Waals surface area contributed by atoms with Crippen LogP contribution in [-0.4, -0.2) is 27.3 Å². The van der Waals surface area contributed by atoms with E-state index < -0.39 is 0 Å². The Morgan fingerprint density at radius 2 is 2.30 bits per heavy atom. The Kier molecular flexibility index (Phi) is 5.38. The van der Waals surface area contributed by atoms with Crippen molar-refractivity contribution < 1.29 is 9.18 Å². The summed E-state index contributed by atoms with van der Waals surface area (Å²) in [6, 6.07) is 4.27. The van der Waals surface area contributed by atoms with Gasteiger partial charge in [0, 0.05) is 5.69 Å². The van der Waals surface area contributed by atoms with Gasteiger partial charge >= 0.3 is 0 Å². The number of thioether (sulfide) groups is 2. The standard InChI is InChI=1S/C12H12FN3OS3/c1-7-5-8(13)3-4-9(7)14-10(17)6-19-12-15-11(18-2)16-20-12/h3-5H,6H2,1-2H3,(H,14,17). The third-order valence-corrected chi connectivity index (χ3v) is 4.86. The summed E-state index contributed by atoms with van der Waals surface area (Å²) in [5.41, 5.74) is 1.32. The number of rotatable bonds is 5. The normalized spacial score (nSPS) is 10.6. The molecule has 0 saturated heterocycles. The number of carbonyl (C=O) groups is 1. The van der Waals surface area contributed by atoms with Gasteiger partial charge < -0.3 is 5.32 Å². The van der Waals surface area contributed by atoms with Gasteiger partial charge in [-0.2, -0.15) is 4.37 Å². The molecule has 2 rings (SSSR count). The molecule has 0 fully saturated rings. The van der Waals surface area contributed by atoms with Crippen LogP contribution in [0.3, 0.4) is 0 Å². The summed E-state index contributed by atoms with van der Waals surface area (Å²) in [6.45, 7) is 1.75. The van der Waals surface area contributed by atoms with Crippen molar-refractivity contribution in [1.29, 1.82) is 0 Å². The Morgan fingerprint density at radius 1 is 1.50 bits per heavy atom. The molecule has 0 unspecified atom stereocenters. The lowest BCUT2D eigenvalue weighted by Crippen LogP contribution is -2.14. The van der Waals surface area contributed by atoms with Gasteiger partial charge in [0.05, 0.1) is 5.75 Å². The fourth-order valence-corrected chi connectivity index (χ4v) is 3.43. The van der Waals surface area contributed by atoms with Crippen LogP contribution in [0.25, 0.3) is 0 Å². The van der Waals surface area contributed by atoms with E-state index in [1.165, 1.54) is 47.2 Å². The molecule has 1 amide bonds. The van der Waals surface area contributed by atoms with Crippen molar-refractivity contribution in [2.45, 2.75) is 16.4 Å². The van der Waals surface area contributed by atoms with Crippen molar-refractivity contribution in [2.75, 3.05) is 17.3 Å². The van der Waals surface area contributed by atoms with Gasteiger partial charge in [0.25, 0.3) is 0 Å². The molecule has 2 aromatic rings. The topological polar surface area (TPSA) is 54.9 Å². The fourth-order valence-electron chi connectivity index (χ4n) is 1.42. The molecule has 1 aromatic heterocycles. The van der Waals surface area contributed by atoms with Crippen molar-refractivity contribution in [3.8, 4) is 0 Å². The molecule has 0 aliphatic heterocycles. The average Bonchev–Trinajstić information content (AvgIpc) is 2.88. The summed E-state index contributed by atoms with van der Waals surface area (Å²) >= 11 is 4.09. The minimum atomic E-state index is -0.312. The first-order chi connectivity index (χ1) is 9.58. The minimum Gasteiger partial charge on any atom is -0.325 e. The number of halogens is 1. The first-order valence-electron chi connectivity index (χ1n) is 5.65. The Balaban J connectivity index is 1.89. The number of anilines is 1. The van der Waals surface area contributed by atoms with Gasteiger partial charge in [-0.25, -0.2) is 9.37 Å². The van der Waals surface area contributed by atoms with Gasteiger partial charge in [-0.3, -0.25) is 4.79 Å². The molecule has 8 heteroatoms. The molecule has 0 aliphatic rings. The maximum Gasteiger partial charge on any atom is 0.234 e. The molecule has 0 radical (unpaired) electrons. The lowest BCUT2D eigenvalue weighted by atomic mass is 10.2. The SMILES string of the molecule is CSc1nsc(SCC(=O)Nc2ccc(F)cc2C)n1. The maximum absolute atomic E-state index is 13.0. The van der Waals surface area contributed by atoms with Crippen LogP contribution in [0.1, 0.15) is 5.56 Å². The van der Waals surface area contributed by atoms with Crippen molar-refractivity contribution in [3.63, 3.8) is 0 Å². The van der Waals surface area contributed by atoms with Gasteiger partial charge in [0.15, 0.2) is 4.34 Å². The van der Waals surface area contributed by atoms with E-state index in [-0.39, 0.29) is 17.5 Å². The number of carbonyl (C=O) groups excluding carboxylic acids is 1. The van der Waals surface area contributed by atoms with Crippen LogP contribution in [0.2, 0.25) is 0 Å². The van der Waals surface area contributed by atoms with E-state index in [2.05, 4.69) is 14.7 Å². The highest BCUT2D eigenvalue weighted by atomic mass is 32.2. The highest BCUT2D eigenvalue weighted by Crippen LogP contribution is 2.24. The summed E-state index contributed by atoms with van der Waals surface area (Å²) in [6.07, 6.45) is 1.90. The van der Waals surface area contributed by atoms with Crippen LogP contribution >= 0.6 is 35.1 Å². The van der Waals surface area contributed by atoms with E-state index in [4.69, 9.17) is 0 Å². The Labute approximate surface area is 128 Å². The summed E-state index contributed by atoms with van der Waals surface area (Å²) in [4.78, 5) is 16.1. The molecule has 4 nitrogen and oxygen atoms in total. The van der Waals surface area contributed by atoms with Crippen LogP contribution < -0.4 is 5.32 Å². The number of hydrogen-bond acceptors (Lipinski definition) is 6. The predicted molar refractivity (Wildman–Crippen MR) is 82.2 cm³/mol. The van der Waals surface area contributed by atoms with Crippen molar-refractivity contribution >= 4 is 46.7 Å². The Hall–Kier alpha value is -1.12. The molecule has 1 heterocycles. The smallest absolute Gasteiger partial charge is 0.234 e. The van der Waals surface area contributed by atoms with Gasteiger partial charge in [0.1, 0.15) is 5.82 Å². The van der Waals surface area contributed by atoms with Crippen molar-refractivity contribution in [3.05, 3.63) is 29.6 Å². The second-order valence-electron chi connectivity index (χ2n) is 3.84. The summed E-state index contributed by atoms with van der Waals surface area (Å²) in [5.74, 6) is -0.209. The van der Waals surface area contributed by atoms with E-state index in [1.807, 2.05) is 6.26 Å². The van der Waals surface area contributed by atoms with E-state index in [0.717, 1.165) is 4.34 Å². The molecule has 1 N–H and O–H groups in total. The van der Waals surface area contributed by atoms with Crippen LogP contribution in [0, 0.1) is 12.7 Å². The zero-order chi connectivity index (χ0) is 14.5. The third-order valence-electron chi connectivity index (χ3n) is 2.36. The summed E-state index contributed by atoms with van der Waals surface area (Å²) in [7, 11) is 0. The minimum absolute atomic E-state index is 0.148. The van der Waals surface area contributed by atoms with Crippen LogP contribution in [0.5, 0.6) is 0 Å². The van der Waals surface area contributed by atoms with E-state index in [1.54, 1.807) is 13.0 Å². The third kappa shape index (κ3) is 4.19. The van der Waals surface area contributed by atoms with E-state index in [9.17, 15) is 9.18 Å². The highest BCUT2D eigenvalue weighted by Gasteiger charge is 2.09. The molecule has 0 bridgehead atoms. The van der Waals surface area contributed by atoms with Crippen molar-refractivity contribution in [1.82, 2.24) is 9.36 Å². The number of nitrogens with one attached hydrogen (secondary N) is 1. The lowest BCUT2D eigenvalue weighted by Gasteiger charge is -2.07. The number of nitrogens with zero attached hydrogens (tertiary/aromatic N) is 2. The monoisotopic (exact) mass is 329 g/mol. The molecular formula is C12H12FN3OS3. The molecule has 0 atom stereocenters. The Morgan fingerprint density at radius 3 is 2.95 bits per heavy atom. The zero-order valence-electron chi connectivity index (χ0n) is 10.8. The van der Waals surface area contributed by atoms with Crippen LogP contribution in [0.4, 0.5) is 10.1 Å². The van der Waals surface area contributed by atoms with Crippen LogP contribution in [0.15, 0.2) is 27.7 Å². The van der Waals surface area contributed by atoms with Gasteiger partial charge in [-0.05, 0) is 48.5 Å². The largest absolute Gasteiger partial charge is 0.325 e. The maximum atomic E-state index is 13.0. The second kappa shape index (κ2) is 7.05. The molecule has 20 heavy (non-hydrogen) atoms. The fraction of sp³-hybridized carbons (Fsp3) is 0.250. The molecule has 0 aliphatic carbocycles. The van der Waals surface area contributed by atoms with Gasteiger partial charge in [-0.15, -0.1) is 0 Å². The summed E-state index contributed by atoms with van der Waals surface area (Å²) < 4.78 is 17.8. The van der Waals surface area contributed by atoms with Crippen molar-refractivity contribution in [2.24, 2.45) is 0 Å². The number of benzene rings is 1. The first kappa shape index (κ1) is 15.3. The number of aryl methyl sites for hydroxylation is 1. The molecular weight excluding hydrogens is 317 g/mol. The predicted octanol–water partition coefficient (Wildman–Crippen LogP) is 3.44. The zero-order valence-corrected chi connectivity index (χ0v) is 13.3. The van der Waals surface area contributed by atoms with Gasteiger partial charge in [-0.1, -0.05) is 23.5 Å². The second-order valence-corrected chi connectivity index (χ2v) is 6.59. The highest BCUT2D eigenvalue weighted by molar-refractivity contribution is 8.01. The summed E-state index contributed by atoms with van der Waals surface area (Å²) in [5, 5.41) is 3.47. The number of amides is 1.